The SMILES string of the molecule is CN=C(NCc1sccc1C)N1CCC2(CCOC2)C1.I. The van der Waals surface area contributed by atoms with Crippen LogP contribution in [0.3, 0.4) is 0 Å². The van der Waals surface area contributed by atoms with Gasteiger partial charge in [0, 0.05) is 37.0 Å². The number of likely N-dealkylation sites (tertiary alicyclic amines) is 1. The smallest absolute Gasteiger partial charge is 0.193 e. The maximum Gasteiger partial charge on any atom is 0.193 e. The maximum absolute atomic E-state index is 5.59. The van der Waals surface area contributed by atoms with E-state index in [1.165, 1.54) is 23.3 Å². The van der Waals surface area contributed by atoms with Crippen LogP contribution < -0.4 is 5.32 Å². The molecule has 1 aromatic heterocycles. The molecule has 0 radical (unpaired) electrons. The zero-order valence-corrected chi connectivity index (χ0v) is 15.9. The molecule has 1 atom stereocenters. The van der Waals surface area contributed by atoms with E-state index in [1.54, 1.807) is 0 Å². The largest absolute Gasteiger partial charge is 0.381 e. The van der Waals surface area contributed by atoms with E-state index in [4.69, 9.17) is 4.74 Å². The summed E-state index contributed by atoms with van der Waals surface area (Å²) < 4.78 is 5.59. The van der Waals surface area contributed by atoms with E-state index in [-0.39, 0.29) is 24.0 Å². The Labute approximate surface area is 148 Å². The van der Waals surface area contributed by atoms with Crippen molar-refractivity contribution in [3.05, 3.63) is 21.9 Å². The molecule has 6 heteroatoms. The number of halogens is 1. The third-order valence-electron chi connectivity index (χ3n) is 4.51. The van der Waals surface area contributed by atoms with Crippen molar-refractivity contribution >= 4 is 41.3 Å². The zero-order chi connectivity index (χ0) is 14.0. The predicted molar refractivity (Wildman–Crippen MR) is 98.7 cm³/mol. The highest BCUT2D eigenvalue weighted by molar-refractivity contribution is 14.0. The van der Waals surface area contributed by atoms with E-state index in [1.807, 2.05) is 18.4 Å². The van der Waals surface area contributed by atoms with Crippen LogP contribution in [0.5, 0.6) is 0 Å². The van der Waals surface area contributed by atoms with Crippen molar-refractivity contribution < 1.29 is 4.74 Å². The normalized spacial score (nSPS) is 25.4. The first-order valence-corrected chi connectivity index (χ1v) is 8.17. The van der Waals surface area contributed by atoms with Gasteiger partial charge < -0.3 is 15.0 Å². The molecule has 21 heavy (non-hydrogen) atoms. The molecule has 1 unspecified atom stereocenters. The molecule has 0 saturated carbocycles. The van der Waals surface area contributed by atoms with Crippen LogP contribution in [0, 0.1) is 12.3 Å². The summed E-state index contributed by atoms with van der Waals surface area (Å²) in [7, 11) is 1.87. The van der Waals surface area contributed by atoms with Crippen LogP contribution in [0.15, 0.2) is 16.4 Å². The quantitative estimate of drug-likeness (QED) is 0.454. The molecular weight excluding hydrogens is 397 g/mol. The van der Waals surface area contributed by atoms with Crippen LogP contribution in [0.4, 0.5) is 0 Å². The fourth-order valence-corrected chi connectivity index (χ4v) is 4.01. The fraction of sp³-hybridized carbons (Fsp3) is 0.667. The Bertz CT molecular complexity index is 497. The van der Waals surface area contributed by atoms with E-state index in [0.29, 0.717) is 5.41 Å². The molecule has 3 rings (SSSR count). The summed E-state index contributed by atoms with van der Waals surface area (Å²) in [6.45, 7) is 7.05. The first kappa shape index (κ1) is 17.0. The topological polar surface area (TPSA) is 36.9 Å². The Balaban J connectivity index is 0.00000161. The van der Waals surface area contributed by atoms with Gasteiger partial charge >= 0.3 is 0 Å². The Morgan fingerprint density at radius 2 is 2.38 bits per heavy atom. The number of ether oxygens (including phenoxy) is 1. The van der Waals surface area contributed by atoms with Gasteiger partial charge in [0.1, 0.15) is 0 Å². The molecule has 1 aromatic rings. The number of hydrogen-bond acceptors (Lipinski definition) is 3. The Morgan fingerprint density at radius 1 is 1.52 bits per heavy atom. The van der Waals surface area contributed by atoms with E-state index in [9.17, 15) is 0 Å². The molecule has 2 aliphatic heterocycles. The van der Waals surface area contributed by atoms with E-state index in [0.717, 1.165) is 38.8 Å². The number of aryl methyl sites for hydroxylation is 1. The van der Waals surface area contributed by atoms with Crippen molar-refractivity contribution in [3.8, 4) is 0 Å². The average Bonchev–Trinajstić information content (AvgIpc) is 3.16. The van der Waals surface area contributed by atoms with Gasteiger partial charge in [-0.05, 0) is 36.8 Å². The van der Waals surface area contributed by atoms with Gasteiger partial charge in [0.2, 0.25) is 0 Å². The molecule has 0 aliphatic carbocycles. The van der Waals surface area contributed by atoms with Crippen molar-refractivity contribution in [1.29, 1.82) is 0 Å². The standard InChI is InChI=1S/C15H23N3OS.HI/c1-12-3-8-20-13(12)9-17-14(16-2)18-6-4-15(10-18)5-7-19-11-15;/h3,8H,4-7,9-11H2,1-2H3,(H,16,17);1H. The van der Waals surface area contributed by atoms with Gasteiger partial charge in [0.25, 0.3) is 0 Å². The number of hydrogen-bond donors (Lipinski definition) is 1. The Kier molecular flexibility index (Phi) is 5.90. The van der Waals surface area contributed by atoms with Crippen LogP contribution in [-0.2, 0) is 11.3 Å². The van der Waals surface area contributed by atoms with Crippen LogP contribution in [0.1, 0.15) is 23.3 Å². The molecule has 1 N–H and O–H groups in total. The van der Waals surface area contributed by atoms with Gasteiger partial charge in [-0.25, -0.2) is 0 Å². The Hall–Kier alpha value is -0.340. The first-order valence-electron chi connectivity index (χ1n) is 7.29. The summed E-state index contributed by atoms with van der Waals surface area (Å²) in [5.41, 5.74) is 1.75. The lowest BCUT2D eigenvalue weighted by molar-refractivity contribution is 0.156. The average molecular weight is 421 g/mol. The minimum Gasteiger partial charge on any atom is -0.381 e. The first-order chi connectivity index (χ1) is 9.72. The lowest BCUT2D eigenvalue weighted by atomic mass is 9.87. The summed E-state index contributed by atoms with van der Waals surface area (Å²) in [6.07, 6.45) is 2.43. The molecule has 0 bridgehead atoms. The minimum absolute atomic E-state index is 0. The number of rotatable bonds is 2. The van der Waals surface area contributed by atoms with Gasteiger partial charge in [-0.2, -0.15) is 0 Å². The van der Waals surface area contributed by atoms with Crippen molar-refractivity contribution in [2.24, 2.45) is 10.4 Å². The molecule has 1 spiro atoms. The van der Waals surface area contributed by atoms with Gasteiger partial charge in [-0.3, -0.25) is 4.99 Å². The lowest BCUT2D eigenvalue weighted by Crippen LogP contribution is -2.41. The molecule has 2 fully saturated rings. The third-order valence-corrected chi connectivity index (χ3v) is 5.53. The second-order valence-corrected chi connectivity index (χ2v) is 6.90. The van der Waals surface area contributed by atoms with Crippen LogP contribution in [-0.4, -0.2) is 44.2 Å². The van der Waals surface area contributed by atoms with Crippen molar-refractivity contribution in [1.82, 2.24) is 10.2 Å². The highest BCUT2D eigenvalue weighted by Crippen LogP contribution is 2.38. The minimum atomic E-state index is 0. The third kappa shape index (κ3) is 3.71. The fourth-order valence-electron chi connectivity index (χ4n) is 3.16. The molecular formula is C15H24IN3OS. The second-order valence-electron chi connectivity index (χ2n) is 5.90. The van der Waals surface area contributed by atoms with E-state index >= 15 is 0 Å². The summed E-state index contributed by atoms with van der Waals surface area (Å²) >= 11 is 1.81. The molecule has 0 aromatic carbocycles. The summed E-state index contributed by atoms with van der Waals surface area (Å²) in [4.78, 5) is 8.23. The molecule has 118 valence electrons. The van der Waals surface area contributed by atoms with E-state index < -0.39 is 0 Å². The van der Waals surface area contributed by atoms with E-state index in [2.05, 4.69) is 33.6 Å². The number of thiophene rings is 1. The zero-order valence-electron chi connectivity index (χ0n) is 12.7. The highest BCUT2D eigenvalue weighted by Gasteiger charge is 2.42. The van der Waals surface area contributed by atoms with Gasteiger partial charge in [0.05, 0.1) is 13.2 Å². The van der Waals surface area contributed by atoms with Crippen molar-refractivity contribution in [2.45, 2.75) is 26.3 Å². The number of aliphatic imine (C=N–C) groups is 1. The van der Waals surface area contributed by atoms with Crippen LogP contribution >= 0.6 is 35.3 Å². The van der Waals surface area contributed by atoms with Gasteiger partial charge in [0.15, 0.2) is 5.96 Å². The second kappa shape index (κ2) is 7.28. The number of nitrogens with one attached hydrogen (secondary N) is 1. The van der Waals surface area contributed by atoms with Gasteiger partial charge in [-0.1, -0.05) is 0 Å². The number of nitrogens with zero attached hydrogens (tertiary/aromatic N) is 2. The lowest BCUT2D eigenvalue weighted by Gasteiger charge is -2.24. The van der Waals surface area contributed by atoms with Crippen LogP contribution in [0.25, 0.3) is 0 Å². The molecule has 4 nitrogen and oxygen atoms in total. The highest BCUT2D eigenvalue weighted by atomic mass is 127. The molecule has 2 aliphatic rings. The number of guanidine groups is 1. The molecule has 2 saturated heterocycles. The van der Waals surface area contributed by atoms with Gasteiger partial charge in [-0.15, -0.1) is 35.3 Å². The summed E-state index contributed by atoms with van der Waals surface area (Å²) in [5, 5.41) is 5.66. The molecule has 3 heterocycles. The van der Waals surface area contributed by atoms with Crippen molar-refractivity contribution in [2.75, 3.05) is 33.4 Å². The molecule has 0 amide bonds. The predicted octanol–water partition coefficient (Wildman–Crippen LogP) is 2.86. The summed E-state index contributed by atoms with van der Waals surface area (Å²) in [6, 6.07) is 2.17. The maximum atomic E-state index is 5.59. The Morgan fingerprint density at radius 3 is 3.00 bits per heavy atom. The monoisotopic (exact) mass is 421 g/mol. The van der Waals surface area contributed by atoms with Crippen molar-refractivity contribution in [3.63, 3.8) is 0 Å². The van der Waals surface area contributed by atoms with Crippen LogP contribution in [0.2, 0.25) is 0 Å². The summed E-state index contributed by atoms with van der Waals surface area (Å²) in [5.74, 6) is 1.03.